The topological polar surface area (TPSA) is 47.4 Å². The van der Waals surface area contributed by atoms with Gasteiger partial charge < -0.3 is 14.2 Å². The molecule has 0 bridgehead atoms. The lowest BCUT2D eigenvalue weighted by Crippen LogP contribution is -2.25. The van der Waals surface area contributed by atoms with Gasteiger partial charge in [-0.05, 0) is 35.9 Å². The Hall–Kier alpha value is -3.31. The summed E-state index contributed by atoms with van der Waals surface area (Å²) < 4.78 is 7.72. The number of hydrogen-bond donors (Lipinski definition) is 0. The molecule has 1 amide bonds. The number of imidazole rings is 1. The Bertz CT molecular complexity index is 1250. The number of carbonyl (C=O) groups excluding carboxylic acids is 1. The van der Waals surface area contributed by atoms with E-state index in [2.05, 4.69) is 22.8 Å². The lowest BCUT2D eigenvalue weighted by Gasteiger charge is -2.20. The number of amides is 1. The van der Waals surface area contributed by atoms with E-state index in [1.54, 1.807) is 30.2 Å². The van der Waals surface area contributed by atoms with Crippen molar-refractivity contribution in [2.24, 2.45) is 0 Å². The van der Waals surface area contributed by atoms with E-state index in [1.807, 2.05) is 36.4 Å². The highest BCUT2D eigenvalue weighted by molar-refractivity contribution is 6.31. The Morgan fingerprint density at radius 1 is 1.06 bits per heavy atom. The largest absolute Gasteiger partial charge is 0.495 e. The standard InChI is InChI=1S/C25H22ClN3O2/c1-31-23-12-11-19(26)14-22(23)28-16-18(13-24(28)30)25-27-20-9-5-6-10-21(20)29(25)15-17-7-3-2-4-8-17/h2-12,14,18H,13,15-16H2,1H3/t18-/m1/s1. The monoisotopic (exact) mass is 431 g/mol. The summed E-state index contributed by atoms with van der Waals surface area (Å²) >= 11 is 6.21. The molecule has 1 aromatic heterocycles. The molecule has 3 aromatic carbocycles. The number of rotatable bonds is 5. The Kier molecular flexibility index (Phi) is 5.12. The molecule has 4 aromatic rings. The zero-order valence-corrected chi connectivity index (χ0v) is 17.9. The maximum Gasteiger partial charge on any atom is 0.227 e. The average Bonchev–Trinajstić information content (AvgIpc) is 3.35. The Labute approximate surface area is 185 Å². The van der Waals surface area contributed by atoms with Crippen LogP contribution in [0.1, 0.15) is 23.7 Å². The van der Waals surface area contributed by atoms with E-state index in [0.29, 0.717) is 36.0 Å². The van der Waals surface area contributed by atoms with Gasteiger partial charge in [0.2, 0.25) is 5.91 Å². The first kappa shape index (κ1) is 19.6. The second-order valence-electron chi connectivity index (χ2n) is 7.75. The smallest absolute Gasteiger partial charge is 0.227 e. The van der Waals surface area contributed by atoms with Gasteiger partial charge in [0.25, 0.3) is 0 Å². The first-order chi connectivity index (χ1) is 15.1. The molecule has 2 heterocycles. The first-order valence-electron chi connectivity index (χ1n) is 10.3. The van der Waals surface area contributed by atoms with Crippen LogP contribution < -0.4 is 9.64 Å². The van der Waals surface area contributed by atoms with Crippen LogP contribution in [0.15, 0.2) is 72.8 Å². The molecule has 0 N–H and O–H groups in total. The highest BCUT2D eigenvalue weighted by Gasteiger charge is 2.36. The van der Waals surface area contributed by atoms with Crippen LogP contribution in [0, 0.1) is 0 Å². The summed E-state index contributed by atoms with van der Waals surface area (Å²) in [5, 5.41) is 0.573. The van der Waals surface area contributed by atoms with Crippen molar-refractivity contribution in [3.05, 3.63) is 89.2 Å². The molecule has 5 nitrogen and oxygen atoms in total. The number of para-hydroxylation sites is 2. The van der Waals surface area contributed by atoms with Crippen LogP contribution in [-0.2, 0) is 11.3 Å². The minimum atomic E-state index is -0.0210. The van der Waals surface area contributed by atoms with Crippen molar-refractivity contribution in [1.82, 2.24) is 9.55 Å². The molecule has 0 aliphatic carbocycles. The summed E-state index contributed by atoms with van der Waals surface area (Å²) in [5.41, 5.74) is 3.92. The number of aromatic nitrogens is 2. The van der Waals surface area contributed by atoms with Gasteiger partial charge >= 0.3 is 0 Å². The maximum absolute atomic E-state index is 13.0. The van der Waals surface area contributed by atoms with Crippen LogP contribution in [0.4, 0.5) is 5.69 Å². The van der Waals surface area contributed by atoms with Crippen molar-refractivity contribution in [1.29, 1.82) is 0 Å². The molecule has 0 radical (unpaired) electrons. The Balaban J connectivity index is 1.54. The number of fused-ring (bicyclic) bond motifs is 1. The van der Waals surface area contributed by atoms with E-state index in [9.17, 15) is 4.79 Å². The summed E-state index contributed by atoms with van der Waals surface area (Å²) in [5.74, 6) is 1.59. The minimum Gasteiger partial charge on any atom is -0.495 e. The molecule has 1 atom stereocenters. The van der Waals surface area contributed by atoms with Crippen molar-refractivity contribution in [3.63, 3.8) is 0 Å². The SMILES string of the molecule is COc1ccc(Cl)cc1N1C[C@H](c2nc3ccccc3n2Cc2ccccc2)CC1=O. The van der Waals surface area contributed by atoms with Gasteiger partial charge in [-0.2, -0.15) is 0 Å². The van der Waals surface area contributed by atoms with Gasteiger partial charge in [0.05, 0.1) is 23.8 Å². The molecule has 0 saturated carbocycles. The van der Waals surface area contributed by atoms with Crippen LogP contribution in [0.2, 0.25) is 5.02 Å². The van der Waals surface area contributed by atoms with Crippen LogP contribution in [-0.4, -0.2) is 29.1 Å². The minimum absolute atomic E-state index is 0.0210. The molecule has 1 saturated heterocycles. The lowest BCUT2D eigenvalue weighted by atomic mass is 10.1. The Morgan fingerprint density at radius 3 is 2.65 bits per heavy atom. The Morgan fingerprint density at radius 2 is 1.84 bits per heavy atom. The van der Waals surface area contributed by atoms with Gasteiger partial charge in [-0.15, -0.1) is 0 Å². The molecule has 1 aliphatic rings. The van der Waals surface area contributed by atoms with Crippen LogP contribution in [0.25, 0.3) is 11.0 Å². The van der Waals surface area contributed by atoms with Gasteiger partial charge in [0.15, 0.2) is 0 Å². The molecular weight excluding hydrogens is 410 g/mol. The van der Waals surface area contributed by atoms with E-state index >= 15 is 0 Å². The van der Waals surface area contributed by atoms with E-state index in [4.69, 9.17) is 21.3 Å². The van der Waals surface area contributed by atoms with Gasteiger partial charge in [-0.3, -0.25) is 4.79 Å². The van der Waals surface area contributed by atoms with Gasteiger partial charge in [0, 0.05) is 30.5 Å². The predicted octanol–water partition coefficient (Wildman–Crippen LogP) is 5.27. The summed E-state index contributed by atoms with van der Waals surface area (Å²) in [4.78, 5) is 19.7. The summed E-state index contributed by atoms with van der Waals surface area (Å²) in [6.45, 7) is 1.25. The molecule has 1 aliphatic heterocycles. The fraction of sp³-hybridized carbons (Fsp3) is 0.200. The molecule has 31 heavy (non-hydrogen) atoms. The molecule has 6 heteroatoms. The maximum atomic E-state index is 13.0. The van der Waals surface area contributed by atoms with Crippen molar-refractivity contribution in [2.45, 2.75) is 18.9 Å². The molecule has 156 valence electrons. The number of ether oxygens (including phenoxy) is 1. The highest BCUT2D eigenvalue weighted by atomic mass is 35.5. The van der Waals surface area contributed by atoms with Gasteiger partial charge in [-0.25, -0.2) is 4.98 Å². The van der Waals surface area contributed by atoms with Crippen LogP contribution in [0.5, 0.6) is 5.75 Å². The van der Waals surface area contributed by atoms with Gasteiger partial charge in [-0.1, -0.05) is 54.1 Å². The second kappa shape index (κ2) is 8.08. The number of nitrogens with zero attached hydrogens (tertiary/aromatic N) is 3. The zero-order chi connectivity index (χ0) is 21.4. The molecule has 0 unspecified atom stereocenters. The van der Waals surface area contributed by atoms with Crippen molar-refractivity contribution < 1.29 is 9.53 Å². The van der Waals surface area contributed by atoms with Crippen molar-refractivity contribution in [2.75, 3.05) is 18.6 Å². The normalized spacial score (nSPS) is 16.3. The molecular formula is C25H22ClN3O2. The number of methoxy groups -OCH3 is 1. The third kappa shape index (κ3) is 3.66. The summed E-state index contributed by atoms with van der Waals surface area (Å²) in [7, 11) is 1.60. The quantitative estimate of drug-likeness (QED) is 0.432. The number of anilines is 1. The lowest BCUT2D eigenvalue weighted by molar-refractivity contribution is -0.117. The number of benzene rings is 3. The zero-order valence-electron chi connectivity index (χ0n) is 17.2. The fourth-order valence-electron chi connectivity index (χ4n) is 4.33. The predicted molar refractivity (Wildman–Crippen MR) is 123 cm³/mol. The third-order valence-corrected chi connectivity index (χ3v) is 6.02. The second-order valence-corrected chi connectivity index (χ2v) is 8.19. The third-order valence-electron chi connectivity index (χ3n) is 5.79. The highest BCUT2D eigenvalue weighted by Crippen LogP contribution is 2.38. The molecule has 1 fully saturated rings. The van der Waals surface area contributed by atoms with Gasteiger partial charge in [0.1, 0.15) is 11.6 Å². The van der Waals surface area contributed by atoms with Crippen molar-refractivity contribution >= 4 is 34.2 Å². The van der Waals surface area contributed by atoms with E-state index < -0.39 is 0 Å². The van der Waals surface area contributed by atoms with E-state index in [0.717, 1.165) is 16.9 Å². The van der Waals surface area contributed by atoms with E-state index in [-0.39, 0.29) is 11.8 Å². The van der Waals surface area contributed by atoms with Crippen LogP contribution >= 0.6 is 11.6 Å². The number of hydrogen-bond acceptors (Lipinski definition) is 3. The number of carbonyl (C=O) groups is 1. The summed E-state index contributed by atoms with van der Waals surface area (Å²) in [6, 6.07) is 23.8. The molecule has 5 rings (SSSR count). The van der Waals surface area contributed by atoms with Crippen LogP contribution in [0.3, 0.4) is 0 Å². The molecule has 0 spiro atoms. The average molecular weight is 432 g/mol. The van der Waals surface area contributed by atoms with E-state index in [1.165, 1.54) is 5.56 Å². The fourth-order valence-corrected chi connectivity index (χ4v) is 4.49. The summed E-state index contributed by atoms with van der Waals surface area (Å²) in [6.07, 6.45) is 0.397. The first-order valence-corrected chi connectivity index (χ1v) is 10.6. The van der Waals surface area contributed by atoms with Crippen molar-refractivity contribution in [3.8, 4) is 5.75 Å². The number of halogens is 1.